The van der Waals surface area contributed by atoms with Gasteiger partial charge in [0, 0.05) is 26.2 Å². The number of likely N-dealkylation sites (tertiary alicyclic amines) is 1. The van der Waals surface area contributed by atoms with Crippen LogP contribution < -0.4 is 0 Å². The normalized spacial score (nSPS) is 32.5. The molecule has 17 heavy (non-hydrogen) atoms. The second-order valence-electron chi connectivity index (χ2n) is 5.18. The summed E-state index contributed by atoms with van der Waals surface area (Å²) in [5.74, 6) is -0.757. The first-order valence-corrected chi connectivity index (χ1v) is 6.43. The van der Waals surface area contributed by atoms with Crippen LogP contribution in [0.4, 0.5) is 0 Å². The summed E-state index contributed by atoms with van der Waals surface area (Å²) >= 11 is 0. The topological polar surface area (TPSA) is 53.0 Å². The molecule has 0 aliphatic carbocycles. The average molecular weight is 242 g/mol. The Kier molecular flexibility index (Phi) is 4.01. The molecule has 2 aliphatic heterocycles. The first-order chi connectivity index (χ1) is 8.10. The van der Waals surface area contributed by atoms with Crippen LogP contribution in [0.3, 0.4) is 0 Å². The summed E-state index contributed by atoms with van der Waals surface area (Å²) in [6.07, 6.45) is 3.74. The van der Waals surface area contributed by atoms with Crippen LogP contribution >= 0.6 is 0 Å². The lowest BCUT2D eigenvalue weighted by molar-refractivity contribution is -0.192. The van der Waals surface area contributed by atoms with E-state index in [4.69, 9.17) is 9.84 Å². The van der Waals surface area contributed by atoms with E-state index in [9.17, 15) is 4.79 Å². The van der Waals surface area contributed by atoms with E-state index >= 15 is 0 Å². The van der Waals surface area contributed by atoms with Crippen molar-refractivity contribution >= 4 is 5.97 Å². The van der Waals surface area contributed by atoms with Gasteiger partial charge in [-0.15, -0.1) is 0 Å². The fraction of sp³-hybridized carbons (Fsp3) is 0.917. The lowest BCUT2D eigenvalue weighted by atomic mass is 10.1. The summed E-state index contributed by atoms with van der Waals surface area (Å²) in [7, 11) is 0. The van der Waals surface area contributed by atoms with Crippen molar-refractivity contribution in [1.82, 2.24) is 9.80 Å². The lowest BCUT2D eigenvalue weighted by Gasteiger charge is -2.48. The molecule has 0 aromatic carbocycles. The van der Waals surface area contributed by atoms with Gasteiger partial charge in [0.25, 0.3) is 0 Å². The molecule has 5 nitrogen and oxygen atoms in total. The summed E-state index contributed by atoms with van der Waals surface area (Å²) in [6.45, 7) is 6.38. The van der Waals surface area contributed by atoms with Crippen molar-refractivity contribution in [3.8, 4) is 0 Å². The number of rotatable bonds is 3. The number of morpholine rings is 1. The van der Waals surface area contributed by atoms with E-state index in [1.807, 2.05) is 4.90 Å². The summed E-state index contributed by atoms with van der Waals surface area (Å²) in [5.41, 5.74) is -0.298. The second kappa shape index (κ2) is 5.33. The SMILES string of the molecule is CC1(N2CCCCC2)CN(CC(=O)O)CCO1. The molecule has 1 N–H and O–H groups in total. The van der Waals surface area contributed by atoms with Gasteiger partial charge in [0.15, 0.2) is 0 Å². The van der Waals surface area contributed by atoms with E-state index in [2.05, 4.69) is 11.8 Å². The number of hydrogen-bond acceptors (Lipinski definition) is 4. The molecule has 1 unspecified atom stereocenters. The van der Waals surface area contributed by atoms with Crippen LogP contribution in [0.2, 0.25) is 0 Å². The highest BCUT2D eigenvalue weighted by Crippen LogP contribution is 2.25. The van der Waals surface area contributed by atoms with Gasteiger partial charge in [0.1, 0.15) is 5.72 Å². The van der Waals surface area contributed by atoms with Crippen molar-refractivity contribution in [2.45, 2.75) is 31.9 Å². The molecule has 0 saturated carbocycles. The first kappa shape index (κ1) is 12.8. The van der Waals surface area contributed by atoms with Crippen molar-refractivity contribution in [1.29, 1.82) is 0 Å². The molecule has 2 rings (SSSR count). The Morgan fingerprint density at radius 3 is 2.65 bits per heavy atom. The third kappa shape index (κ3) is 3.18. The average Bonchev–Trinajstić information content (AvgIpc) is 2.29. The Morgan fingerprint density at radius 1 is 1.29 bits per heavy atom. The molecule has 0 aromatic rings. The zero-order valence-corrected chi connectivity index (χ0v) is 10.5. The number of piperidine rings is 1. The molecule has 0 spiro atoms. The van der Waals surface area contributed by atoms with Gasteiger partial charge in [-0.05, 0) is 19.8 Å². The molecule has 2 aliphatic rings. The fourth-order valence-corrected chi connectivity index (χ4v) is 2.82. The van der Waals surface area contributed by atoms with E-state index in [-0.39, 0.29) is 12.3 Å². The Balaban J connectivity index is 1.95. The van der Waals surface area contributed by atoms with Crippen molar-refractivity contribution in [2.75, 3.05) is 39.3 Å². The maximum atomic E-state index is 10.8. The summed E-state index contributed by atoms with van der Waals surface area (Å²) in [5, 5.41) is 8.85. The third-order valence-corrected chi connectivity index (χ3v) is 3.72. The van der Waals surface area contributed by atoms with Crippen molar-refractivity contribution < 1.29 is 14.6 Å². The standard InChI is InChI=1S/C12H22N2O3/c1-12(14-5-3-2-4-6-14)10-13(7-8-17-12)9-11(15)16/h2-10H2,1H3,(H,15,16). The Bertz CT molecular complexity index is 279. The minimum Gasteiger partial charge on any atom is -0.480 e. The van der Waals surface area contributed by atoms with Crippen molar-refractivity contribution in [2.24, 2.45) is 0 Å². The van der Waals surface area contributed by atoms with E-state index in [1.165, 1.54) is 19.3 Å². The molecule has 0 amide bonds. The molecule has 0 bridgehead atoms. The van der Waals surface area contributed by atoms with Crippen molar-refractivity contribution in [3.63, 3.8) is 0 Å². The van der Waals surface area contributed by atoms with Gasteiger partial charge in [-0.25, -0.2) is 0 Å². The molecular weight excluding hydrogens is 220 g/mol. The van der Waals surface area contributed by atoms with Crippen LogP contribution in [-0.4, -0.2) is 65.9 Å². The van der Waals surface area contributed by atoms with Crippen LogP contribution in [0.5, 0.6) is 0 Å². The van der Waals surface area contributed by atoms with E-state index in [1.54, 1.807) is 0 Å². The van der Waals surface area contributed by atoms with Crippen LogP contribution in [0.1, 0.15) is 26.2 Å². The Labute approximate surface area is 102 Å². The predicted molar refractivity (Wildman–Crippen MR) is 63.9 cm³/mol. The number of hydrogen-bond donors (Lipinski definition) is 1. The number of carboxylic acids is 1. The smallest absolute Gasteiger partial charge is 0.317 e. The molecule has 1 atom stereocenters. The van der Waals surface area contributed by atoms with Crippen LogP contribution in [0.15, 0.2) is 0 Å². The number of nitrogens with zero attached hydrogens (tertiary/aromatic N) is 2. The van der Waals surface area contributed by atoms with E-state index in [0.29, 0.717) is 13.2 Å². The maximum absolute atomic E-state index is 10.8. The molecule has 5 heteroatoms. The number of aliphatic carboxylic acids is 1. The van der Waals surface area contributed by atoms with Crippen LogP contribution in [-0.2, 0) is 9.53 Å². The third-order valence-electron chi connectivity index (χ3n) is 3.72. The first-order valence-electron chi connectivity index (χ1n) is 6.43. The molecule has 0 aromatic heterocycles. The van der Waals surface area contributed by atoms with E-state index < -0.39 is 5.97 Å². The van der Waals surface area contributed by atoms with Gasteiger partial charge >= 0.3 is 5.97 Å². The second-order valence-corrected chi connectivity index (χ2v) is 5.18. The Morgan fingerprint density at radius 2 is 2.00 bits per heavy atom. The Hall–Kier alpha value is -0.650. The van der Waals surface area contributed by atoms with Crippen molar-refractivity contribution in [3.05, 3.63) is 0 Å². The highest BCUT2D eigenvalue weighted by atomic mass is 16.5. The minimum absolute atomic E-state index is 0.118. The lowest BCUT2D eigenvalue weighted by Crippen LogP contribution is -2.61. The molecular formula is C12H22N2O3. The summed E-state index contributed by atoms with van der Waals surface area (Å²) in [6, 6.07) is 0. The zero-order valence-electron chi connectivity index (χ0n) is 10.5. The van der Waals surface area contributed by atoms with Gasteiger partial charge in [0.2, 0.25) is 0 Å². The maximum Gasteiger partial charge on any atom is 0.317 e. The van der Waals surface area contributed by atoms with Crippen LogP contribution in [0.25, 0.3) is 0 Å². The molecule has 2 saturated heterocycles. The van der Waals surface area contributed by atoms with Gasteiger partial charge in [-0.3, -0.25) is 14.6 Å². The fourth-order valence-electron chi connectivity index (χ4n) is 2.82. The molecule has 0 radical (unpaired) electrons. The quantitative estimate of drug-likeness (QED) is 0.785. The van der Waals surface area contributed by atoms with Crippen LogP contribution in [0, 0.1) is 0 Å². The predicted octanol–water partition coefficient (Wildman–Crippen LogP) is 0.605. The highest BCUT2D eigenvalue weighted by molar-refractivity contribution is 5.69. The number of carbonyl (C=O) groups is 1. The highest BCUT2D eigenvalue weighted by Gasteiger charge is 2.38. The minimum atomic E-state index is -0.757. The van der Waals surface area contributed by atoms with Gasteiger partial charge in [0.05, 0.1) is 13.2 Å². The monoisotopic (exact) mass is 242 g/mol. The van der Waals surface area contributed by atoms with Gasteiger partial charge in [-0.2, -0.15) is 0 Å². The number of carboxylic acid groups (broad SMARTS) is 1. The molecule has 98 valence electrons. The summed E-state index contributed by atoms with van der Waals surface area (Å²) < 4.78 is 5.91. The van der Waals surface area contributed by atoms with Gasteiger partial charge < -0.3 is 9.84 Å². The molecule has 2 heterocycles. The molecule has 2 fully saturated rings. The largest absolute Gasteiger partial charge is 0.480 e. The van der Waals surface area contributed by atoms with E-state index in [0.717, 1.165) is 19.6 Å². The zero-order chi connectivity index (χ0) is 12.3. The number of ether oxygens (including phenoxy) is 1. The summed E-state index contributed by atoms with van der Waals surface area (Å²) in [4.78, 5) is 15.1. The van der Waals surface area contributed by atoms with Gasteiger partial charge in [-0.1, -0.05) is 6.42 Å².